The van der Waals surface area contributed by atoms with E-state index in [1.807, 2.05) is 0 Å². The third-order valence-electron chi connectivity index (χ3n) is 3.02. The lowest BCUT2D eigenvalue weighted by Crippen LogP contribution is -2.11. The number of phenolic OH excluding ortho intramolecular Hbond substituents is 1. The second-order valence-electron chi connectivity index (χ2n) is 4.60. The summed E-state index contributed by atoms with van der Waals surface area (Å²) < 4.78 is 5.01. The van der Waals surface area contributed by atoms with E-state index >= 15 is 0 Å². The molecule has 2 aromatic rings. The molecule has 0 atom stereocenters. The molecule has 0 fully saturated rings. The van der Waals surface area contributed by atoms with Crippen molar-refractivity contribution in [1.29, 1.82) is 0 Å². The van der Waals surface area contributed by atoms with Crippen molar-refractivity contribution in [2.75, 3.05) is 0 Å². The first-order valence-electron chi connectivity index (χ1n) is 6.42. The van der Waals surface area contributed by atoms with Crippen molar-refractivity contribution in [1.82, 2.24) is 0 Å². The molecule has 0 aliphatic carbocycles. The van der Waals surface area contributed by atoms with Crippen molar-refractivity contribution in [3.63, 3.8) is 0 Å². The largest absolute Gasteiger partial charge is 0.507 e. The predicted octanol–water partition coefficient (Wildman–Crippen LogP) is 1.76. The number of nitrogens with two attached hydrogens (primary N) is 1. The number of primary amides is 1. The molecule has 2 aromatic carbocycles. The number of ether oxygens (including phenoxy) is 1. The van der Waals surface area contributed by atoms with Crippen LogP contribution in [0, 0.1) is 10.1 Å². The number of rotatable bonds is 5. The topological polar surface area (TPSA) is 133 Å². The van der Waals surface area contributed by atoms with Gasteiger partial charge in [-0.25, -0.2) is 4.79 Å². The maximum absolute atomic E-state index is 11.9. The Morgan fingerprint density at radius 1 is 1.17 bits per heavy atom. The van der Waals surface area contributed by atoms with E-state index in [-0.39, 0.29) is 17.9 Å². The monoisotopic (exact) mass is 316 g/mol. The van der Waals surface area contributed by atoms with Crippen molar-refractivity contribution in [3.05, 3.63) is 69.3 Å². The van der Waals surface area contributed by atoms with Gasteiger partial charge in [-0.1, -0.05) is 12.1 Å². The molecule has 0 spiro atoms. The van der Waals surface area contributed by atoms with E-state index in [0.717, 1.165) is 18.2 Å². The maximum atomic E-state index is 11.9. The molecule has 0 unspecified atom stereocenters. The van der Waals surface area contributed by atoms with Gasteiger partial charge in [-0.15, -0.1) is 0 Å². The summed E-state index contributed by atoms with van der Waals surface area (Å²) in [6, 6.07) is 9.22. The highest BCUT2D eigenvalue weighted by atomic mass is 16.6. The number of nitro groups is 1. The lowest BCUT2D eigenvalue weighted by atomic mass is 10.1. The van der Waals surface area contributed by atoms with Crippen LogP contribution in [0.3, 0.4) is 0 Å². The van der Waals surface area contributed by atoms with Crippen LogP contribution in [0.2, 0.25) is 0 Å². The van der Waals surface area contributed by atoms with Crippen molar-refractivity contribution in [2.45, 2.75) is 6.61 Å². The van der Waals surface area contributed by atoms with Crippen LogP contribution in [0.1, 0.15) is 26.3 Å². The Kier molecular flexibility index (Phi) is 4.55. The van der Waals surface area contributed by atoms with Crippen molar-refractivity contribution in [3.8, 4) is 5.75 Å². The van der Waals surface area contributed by atoms with Gasteiger partial charge in [0.25, 0.3) is 5.69 Å². The molecule has 0 radical (unpaired) electrons. The average molecular weight is 316 g/mol. The standard InChI is InChI=1S/C15H12N2O6/c16-14(19)10-3-1-9(2-4-10)8-23-15(20)12-6-5-11(17(21)22)7-13(12)18/h1-7,18H,8H2,(H2,16,19). The van der Waals surface area contributed by atoms with Gasteiger partial charge in [0.1, 0.15) is 17.9 Å². The summed E-state index contributed by atoms with van der Waals surface area (Å²) in [6.07, 6.45) is 0. The van der Waals surface area contributed by atoms with E-state index in [4.69, 9.17) is 10.5 Å². The van der Waals surface area contributed by atoms with Crippen LogP contribution in [0.15, 0.2) is 42.5 Å². The molecule has 8 nitrogen and oxygen atoms in total. The number of hydrogen-bond donors (Lipinski definition) is 2. The Bertz CT molecular complexity index is 770. The summed E-state index contributed by atoms with van der Waals surface area (Å²) in [6.45, 7) is -0.0890. The van der Waals surface area contributed by atoms with Crippen molar-refractivity contribution < 1.29 is 24.4 Å². The number of hydrogen-bond acceptors (Lipinski definition) is 6. The number of non-ortho nitro benzene ring substituents is 1. The minimum absolute atomic E-state index is 0.0890. The minimum Gasteiger partial charge on any atom is -0.507 e. The third-order valence-corrected chi connectivity index (χ3v) is 3.02. The van der Waals surface area contributed by atoms with Gasteiger partial charge in [-0.3, -0.25) is 14.9 Å². The van der Waals surface area contributed by atoms with Gasteiger partial charge < -0.3 is 15.6 Å². The van der Waals surface area contributed by atoms with E-state index in [2.05, 4.69) is 0 Å². The highest BCUT2D eigenvalue weighted by Gasteiger charge is 2.16. The first-order valence-corrected chi connectivity index (χ1v) is 6.42. The number of phenols is 1. The van der Waals surface area contributed by atoms with Gasteiger partial charge in [0, 0.05) is 11.6 Å². The van der Waals surface area contributed by atoms with Gasteiger partial charge in [0.15, 0.2) is 0 Å². The van der Waals surface area contributed by atoms with Gasteiger partial charge in [-0.2, -0.15) is 0 Å². The van der Waals surface area contributed by atoms with Crippen LogP contribution in [0.5, 0.6) is 5.75 Å². The molecule has 8 heteroatoms. The van der Waals surface area contributed by atoms with Gasteiger partial charge in [0.05, 0.1) is 11.0 Å². The molecule has 2 rings (SSSR count). The number of aromatic hydroxyl groups is 1. The van der Waals surface area contributed by atoms with Crippen LogP contribution in [0.4, 0.5) is 5.69 Å². The highest BCUT2D eigenvalue weighted by molar-refractivity contribution is 5.93. The molecule has 0 saturated carbocycles. The number of benzene rings is 2. The number of nitro benzene ring substituents is 1. The van der Waals surface area contributed by atoms with E-state index in [1.165, 1.54) is 12.1 Å². The molecule has 3 N–H and O–H groups in total. The fraction of sp³-hybridized carbons (Fsp3) is 0.0667. The van der Waals surface area contributed by atoms with E-state index in [1.54, 1.807) is 12.1 Å². The average Bonchev–Trinajstić information content (AvgIpc) is 2.52. The van der Waals surface area contributed by atoms with E-state index in [9.17, 15) is 24.8 Å². The first-order chi connectivity index (χ1) is 10.9. The summed E-state index contributed by atoms with van der Waals surface area (Å²) >= 11 is 0. The Morgan fingerprint density at radius 3 is 2.35 bits per heavy atom. The summed E-state index contributed by atoms with van der Waals surface area (Å²) in [4.78, 5) is 32.7. The summed E-state index contributed by atoms with van der Waals surface area (Å²) in [5.41, 5.74) is 5.55. The molecule has 0 aliphatic rings. The van der Waals surface area contributed by atoms with Crippen LogP contribution in [0.25, 0.3) is 0 Å². The third kappa shape index (κ3) is 3.82. The quantitative estimate of drug-likeness (QED) is 0.490. The number of amides is 1. The number of nitrogens with zero attached hydrogens (tertiary/aromatic N) is 1. The number of esters is 1. The van der Waals surface area contributed by atoms with Gasteiger partial charge in [-0.05, 0) is 23.8 Å². The molecule has 0 saturated heterocycles. The Balaban J connectivity index is 2.04. The van der Waals surface area contributed by atoms with Crippen molar-refractivity contribution in [2.24, 2.45) is 5.73 Å². The molecule has 0 aliphatic heterocycles. The zero-order valence-corrected chi connectivity index (χ0v) is 11.8. The number of carbonyl (C=O) groups is 2. The second kappa shape index (κ2) is 6.56. The zero-order chi connectivity index (χ0) is 17.0. The van der Waals surface area contributed by atoms with Gasteiger partial charge in [0.2, 0.25) is 5.91 Å². The molecule has 23 heavy (non-hydrogen) atoms. The SMILES string of the molecule is NC(=O)c1ccc(COC(=O)c2ccc([N+](=O)[O-])cc2O)cc1. The van der Waals surface area contributed by atoms with Crippen molar-refractivity contribution >= 4 is 17.6 Å². The number of carbonyl (C=O) groups excluding carboxylic acids is 2. The fourth-order valence-electron chi connectivity index (χ4n) is 1.80. The fourth-order valence-corrected chi connectivity index (χ4v) is 1.80. The van der Waals surface area contributed by atoms with Crippen LogP contribution in [-0.2, 0) is 11.3 Å². The van der Waals surface area contributed by atoms with E-state index < -0.39 is 22.5 Å². The minimum atomic E-state index is -0.823. The first kappa shape index (κ1) is 16.0. The van der Waals surface area contributed by atoms with Crippen LogP contribution in [-0.4, -0.2) is 21.9 Å². The molecule has 0 aromatic heterocycles. The smallest absolute Gasteiger partial charge is 0.342 e. The summed E-state index contributed by atoms with van der Waals surface area (Å²) in [7, 11) is 0. The maximum Gasteiger partial charge on any atom is 0.342 e. The Labute approximate surface area is 130 Å². The van der Waals surface area contributed by atoms with Crippen LogP contribution >= 0.6 is 0 Å². The molecular formula is C15H12N2O6. The summed E-state index contributed by atoms with van der Waals surface area (Å²) in [5, 5.41) is 20.2. The van der Waals surface area contributed by atoms with Gasteiger partial charge >= 0.3 is 5.97 Å². The Morgan fingerprint density at radius 2 is 1.83 bits per heavy atom. The predicted molar refractivity (Wildman–Crippen MR) is 78.8 cm³/mol. The second-order valence-corrected chi connectivity index (χ2v) is 4.60. The normalized spacial score (nSPS) is 10.1. The highest BCUT2D eigenvalue weighted by Crippen LogP contribution is 2.24. The molecule has 118 valence electrons. The summed E-state index contributed by atoms with van der Waals surface area (Å²) in [5.74, 6) is -1.92. The Hall–Kier alpha value is -3.42. The molecular weight excluding hydrogens is 304 g/mol. The molecule has 1 amide bonds. The molecule has 0 heterocycles. The van der Waals surface area contributed by atoms with E-state index in [0.29, 0.717) is 11.1 Å². The lowest BCUT2D eigenvalue weighted by Gasteiger charge is -2.07. The van der Waals surface area contributed by atoms with Crippen LogP contribution < -0.4 is 5.73 Å². The molecule has 0 bridgehead atoms. The lowest BCUT2D eigenvalue weighted by molar-refractivity contribution is -0.384. The zero-order valence-electron chi connectivity index (χ0n) is 11.8.